The summed E-state index contributed by atoms with van der Waals surface area (Å²) in [6.07, 6.45) is 0.333. The molecule has 1 aromatic heterocycles. The summed E-state index contributed by atoms with van der Waals surface area (Å²) in [5.41, 5.74) is 3.31. The first kappa shape index (κ1) is 22.6. The van der Waals surface area contributed by atoms with Gasteiger partial charge in [0, 0.05) is 28.6 Å². The molecule has 172 valence electrons. The summed E-state index contributed by atoms with van der Waals surface area (Å²) in [7, 11) is -3.88. The minimum absolute atomic E-state index is 0.163. The summed E-state index contributed by atoms with van der Waals surface area (Å²) in [6, 6.07) is 24.2. The summed E-state index contributed by atoms with van der Waals surface area (Å²) in [6.45, 7) is 3.90. The van der Waals surface area contributed by atoms with Crippen LogP contribution in [0.2, 0.25) is 5.02 Å². The maximum absolute atomic E-state index is 14.1. The topological polar surface area (TPSA) is 64.3 Å². The van der Waals surface area contributed by atoms with E-state index in [1.165, 1.54) is 12.1 Å². The first-order valence-corrected chi connectivity index (χ1v) is 12.9. The summed E-state index contributed by atoms with van der Waals surface area (Å²) in [5, 5.41) is 0.558. The van der Waals surface area contributed by atoms with Gasteiger partial charge in [-0.1, -0.05) is 59.1 Å². The minimum atomic E-state index is -3.88. The number of aryl methyl sites for hydroxylation is 2. The van der Waals surface area contributed by atoms with Gasteiger partial charge in [-0.2, -0.15) is 0 Å². The third-order valence-corrected chi connectivity index (χ3v) is 9.27. The number of benzene rings is 3. The van der Waals surface area contributed by atoms with Crippen molar-refractivity contribution in [2.45, 2.75) is 35.8 Å². The molecule has 0 aliphatic heterocycles. The molecule has 3 aromatic carbocycles. The fourth-order valence-electron chi connectivity index (χ4n) is 4.50. The first-order chi connectivity index (χ1) is 16.2. The molecule has 4 nitrogen and oxygen atoms in total. The van der Waals surface area contributed by atoms with E-state index in [4.69, 9.17) is 16.0 Å². The normalized spacial score (nSPS) is 19.7. The number of halogens is 1. The van der Waals surface area contributed by atoms with Crippen LogP contribution < -0.4 is 5.43 Å². The highest BCUT2D eigenvalue weighted by Gasteiger charge is 2.67. The van der Waals surface area contributed by atoms with Gasteiger partial charge in [0.05, 0.1) is 4.90 Å². The second-order valence-electron chi connectivity index (χ2n) is 8.90. The molecule has 0 bridgehead atoms. The zero-order valence-electron chi connectivity index (χ0n) is 18.8. The number of hydrogen-bond acceptors (Lipinski definition) is 4. The molecule has 0 N–H and O–H groups in total. The van der Waals surface area contributed by atoms with Crippen LogP contribution in [0, 0.1) is 13.8 Å². The fraction of sp³-hybridized carbons (Fsp3) is 0.179. The molecule has 34 heavy (non-hydrogen) atoms. The van der Waals surface area contributed by atoms with Crippen molar-refractivity contribution in [3.05, 3.63) is 123 Å². The van der Waals surface area contributed by atoms with E-state index in [0.717, 1.165) is 16.7 Å². The Hall–Kier alpha value is -3.15. The Labute approximate surface area is 203 Å². The molecule has 0 unspecified atom stereocenters. The van der Waals surface area contributed by atoms with Gasteiger partial charge in [0.1, 0.15) is 16.3 Å². The molecule has 4 aromatic rings. The second-order valence-corrected chi connectivity index (χ2v) is 11.5. The van der Waals surface area contributed by atoms with Crippen LogP contribution in [0.25, 0.3) is 11.3 Å². The van der Waals surface area contributed by atoms with Crippen molar-refractivity contribution in [1.82, 2.24) is 0 Å². The van der Waals surface area contributed by atoms with E-state index in [9.17, 15) is 13.2 Å². The molecule has 0 spiro atoms. The third-order valence-electron chi connectivity index (χ3n) is 6.51. The molecule has 1 fully saturated rings. The van der Waals surface area contributed by atoms with Gasteiger partial charge < -0.3 is 4.42 Å². The summed E-state index contributed by atoms with van der Waals surface area (Å²) in [5.74, 6) is 0.145. The van der Waals surface area contributed by atoms with E-state index < -0.39 is 14.6 Å². The van der Waals surface area contributed by atoms with Crippen molar-refractivity contribution in [3.63, 3.8) is 0 Å². The Kier molecular flexibility index (Phi) is 5.50. The van der Waals surface area contributed by atoms with Gasteiger partial charge in [0.15, 0.2) is 15.3 Å². The van der Waals surface area contributed by atoms with Gasteiger partial charge in [0.25, 0.3) is 0 Å². The molecule has 1 aliphatic rings. The first-order valence-electron chi connectivity index (χ1n) is 11.0. The summed E-state index contributed by atoms with van der Waals surface area (Å²) >= 11 is 6.01. The van der Waals surface area contributed by atoms with E-state index in [2.05, 4.69) is 0 Å². The van der Waals surface area contributed by atoms with Crippen LogP contribution in [0.1, 0.15) is 34.8 Å². The summed E-state index contributed by atoms with van der Waals surface area (Å²) < 4.78 is 33.0. The standard InChI is InChI=1S/C28H23ClO4S/c1-18-3-7-20(8-4-18)25-17-28(25,34(31,32)24-13-5-19(2)6-14-24)27-16-23(30)15-26(33-27)21-9-11-22(29)12-10-21/h3-16,25H,17H2,1-2H3/t25-,28+/m0/s1. The average molecular weight is 491 g/mol. The molecule has 6 heteroatoms. The molecule has 2 atom stereocenters. The average Bonchev–Trinajstić information content (AvgIpc) is 3.58. The minimum Gasteiger partial charge on any atom is -0.459 e. The van der Waals surface area contributed by atoms with Crippen molar-refractivity contribution < 1.29 is 12.8 Å². The van der Waals surface area contributed by atoms with Gasteiger partial charge >= 0.3 is 0 Å². The third kappa shape index (κ3) is 3.79. The zero-order valence-corrected chi connectivity index (χ0v) is 20.4. The van der Waals surface area contributed by atoms with Gasteiger partial charge in [-0.25, -0.2) is 8.42 Å². The Balaban J connectivity index is 1.70. The monoisotopic (exact) mass is 490 g/mol. The van der Waals surface area contributed by atoms with Gasteiger partial charge in [-0.05, 0) is 62.2 Å². The molecule has 1 saturated carbocycles. The SMILES string of the molecule is Cc1ccc([C@@H]2C[C@@]2(c2cc(=O)cc(-c3ccc(Cl)cc3)o2)S(=O)(=O)c2ccc(C)cc2)cc1. The largest absolute Gasteiger partial charge is 0.459 e. The lowest BCUT2D eigenvalue weighted by molar-refractivity contribution is 0.476. The van der Waals surface area contributed by atoms with Gasteiger partial charge in [0.2, 0.25) is 0 Å². The molecular formula is C28H23ClO4S. The molecule has 1 heterocycles. The lowest BCUT2D eigenvalue weighted by atomic mass is 10.1. The highest BCUT2D eigenvalue weighted by Crippen LogP contribution is 2.65. The van der Waals surface area contributed by atoms with Crippen LogP contribution in [-0.2, 0) is 14.6 Å². The Morgan fingerprint density at radius 2 is 1.44 bits per heavy atom. The maximum atomic E-state index is 14.1. The summed E-state index contributed by atoms with van der Waals surface area (Å²) in [4.78, 5) is 13.0. The predicted octanol–water partition coefficient (Wildman–Crippen LogP) is 6.43. The number of hydrogen-bond donors (Lipinski definition) is 0. The van der Waals surface area contributed by atoms with Crippen molar-refractivity contribution in [3.8, 4) is 11.3 Å². The van der Waals surface area contributed by atoms with E-state index >= 15 is 0 Å². The Morgan fingerprint density at radius 3 is 2.06 bits per heavy atom. The molecule has 1 aliphatic carbocycles. The highest BCUT2D eigenvalue weighted by atomic mass is 35.5. The Morgan fingerprint density at radius 1 is 0.853 bits per heavy atom. The van der Waals surface area contributed by atoms with Crippen LogP contribution >= 0.6 is 11.6 Å². The van der Waals surface area contributed by atoms with E-state index in [1.54, 1.807) is 48.5 Å². The second kappa shape index (κ2) is 8.26. The van der Waals surface area contributed by atoms with Crippen LogP contribution in [0.15, 0.2) is 99.0 Å². The van der Waals surface area contributed by atoms with Crippen molar-refractivity contribution in [2.24, 2.45) is 0 Å². The van der Waals surface area contributed by atoms with Crippen LogP contribution in [0.4, 0.5) is 0 Å². The maximum Gasteiger partial charge on any atom is 0.191 e. The lowest BCUT2D eigenvalue weighted by Gasteiger charge is -2.19. The fourth-order valence-corrected chi connectivity index (χ4v) is 6.81. The number of rotatable bonds is 5. The molecular weight excluding hydrogens is 468 g/mol. The van der Waals surface area contributed by atoms with Crippen molar-refractivity contribution in [1.29, 1.82) is 0 Å². The zero-order chi connectivity index (χ0) is 24.1. The smallest absolute Gasteiger partial charge is 0.191 e. The molecule has 0 amide bonds. The van der Waals surface area contributed by atoms with E-state index in [0.29, 0.717) is 22.8 Å². The van der Waals surface area contributed by atoms with Crippen LogP contribution in [0.5, 0.6) is 0 Å². The molecule has 5 rings (SSSR count). The lowest BCUT2D eigenvalue weighted by Crippen LogP contribution is -2.25. The highest BCUT2D eigenvalue weighted by molar-refractivity contribution is 7.92. The van der Waals surface area contributed by atoms with Gasteiger partial charge in [-0.3, -0.25) is 4.79 Å². The van der Waals surface area contributed by atoms with Crippen LogP contribution in [0.3, 0.4) is 0 Å². The van der Waals surface area contributed by atoms with E-state index in [1.807, 2.05) is 38.1 Å². The van der Waals surface area contributed by atoms with Crippen molar-refractivity contribution >= 4 is 21.4 Å². The van der Waals surface area contributed by atoms with Crippen molar-refractivity contribution in [2.75, 3.05) is 0 Å². The quantitative estimate of drug-likeness (QED) is 0.323. The number of sulfone groups is 1. The molecule has 0 saturated heterocycles. The van der Waals surface area contributed by atoms with Crippen LogP contribution in [-0.4, -0.2) is 8.42 Å². The van der Waals surface area contributed by atoms with Gasteiger partial charge in [-0.15, -0.1) is 0 Å². The Bertz CT molecular complexity index is 1520. The van der Waals surface area contributed by atoms with E-state index in [-0.39, 0.29) is 22.0 Å². The molecule has 0 radical (unpaired) electrons. The predicted molar refractivity (Wildman–Crippen MR) is 134 cm³/mol.